The van der Waals surface area contributed by atoms with Crippen LogP contribution >= 0.6 is 15.9 Å². The molecule has 0 aliphatic heterocycles. The normalized spacial score (nSPS) is 18.5. The van der Waals surface area contributed by atoms with Crippen molar-refractivity contribution in [3.8, 4) is 0 Å². The predicted molar refractivity (Wildman–Crippen MR) is 67.4 cm³/mol. The van der Waals surface area contributed by atoms with E-state index in [1.165, 1.54) is 0 Å². The van der Waals surface area contributed by atoms with Gasteiger partial charge >= 0.3 is 5.97 Å². The standard InChI is InChI=1S/C13H15BrO3/c1-13(16,8-17-12(15)9-2-3-9)10-4-6-11(14)7-5-10/h4-7,9,16H,2-3,8H2,1H3/t13-/m0/s1. The Balaban J connectivity index is 1.97. The smallest absolute Gasteiger partial charge is 0.309 e. The highest BCUT2D eigenvalue weighted by atomic mass is 79.9. The van der Waals surface area contributed by atoms with E-state index in [0.717, 1.165) is 22.9 Å². The highest BCUT2D eigenvalue weighted by molar-refractivity contribution is 9.10. The molecule has 0 amide bonds. The van der Waals surface area contributed by atoms with Gasteiger partial charge in [0.05, 0.1) is 5.92 Å². The Labute approximate surface area is 109 Å². The molecule has 3 nitrogen and oxygen atoms in total. The van der Waals surface area contributed by atoms with E-state index in [1.54, 1.807) is 6.92 Å². The Hall–Kier alpha value is -0.870. The second kappa shape index (κ2) is 4.78. The van der Waals surface area contributed by atoms with Crippen LogP contribution in [0.5, 0.6) is 0 Å². The molecule has 0 aromatic heterocycles. The number of carbonyl (C=O) groups is 1. The zero-order valence-electron chi connectivity index (χ0n) is 9.65. The minimum atomic E-state index is -1.13. The maximum atomic E-state index is 11.4. The van der Waals surface area contributed by atoms with Crippen molar-refractivity contribution in [2.75, 3.05) is 6.61 Å². The lowest BCUT2D eigenvalue weighted by Crippen LogP contribution is -2.29. The number of benzene rings is 1. The third-order valence-electron chi connectivity index (χ3n) is 2.87. The molecule has 1 atom stereocenters. The molecule has 0 saturated heterocycles. The van der Waals surface area contributed by atoms with Gasteiger partial charge in [-0.05, 0) is 37.5 Å². The Morgan fingerprint density at radius 2 is 2.06 bits per heavy atom. The molecule has 0 spiro atoms. The SMILES string of the molecule is C[C@](O)(COC(=O)C1CC1)c1ccc(Br)cc1. The van der Waals surface area contributed by atoms with E-state index in [1.807, 2.05) is 24.3 Å². The summed E-state index contributed by atoms with van der Waals surface area (Å²) in [6, 6.07) is 7.34. The van der Waals surface area contributed by atoms with Crippen LogP contribution in [0, 0.1) is 5.92 Å². The molecule has 2 rings (SSSR count). The average molecular weight is 299 g/mol. The first-order valence-corrected chi connectivity index (χ1v) is 6.43. The molecule has 1 aromatic carbocycles. The van der Waals surface area contributed by atoms with Gasteiger partial charge in [-0.3, -0.25) is 4.79 Å². The molecular formula is C13H15BrO3. The summed E-state index contributed by atoms with van der Waals surface area (Å²) in [4.78, 5) is 11.4. The summed E-state index contributed by atoms with van der Waals surface area (Å²) in [5, 5.41) is 10.2. The van der Waals surface area contributed by atoms with Gasteiger partial charge in [-0.15, -0.1) is 0 Å². The zero-order valence-corrected chi connectivity index (χ0v) is 11.2. The Kier molecular flexibility index (Phi) is 3.54. The number of rotatable bonds is 4. The van der Waals surface area contributed by atoms with Gasteiger partial charge in [0.1, 0.15) is 12.2 Å². The lowest BCUT2D eigenvalue weighted by molar-refractivity contribution is -0.152. The maximum Gasteiger partial charge on any atom is 0.309 e. The molecule has 1 saturated carbocycles. The van der Waals surface area contributed by atoms with Crippen LogP contribution in [-0.2, 0) is 15.1 Å². The van der Waals surface area contributed by atoms with Gasteiger partial charge in [0.2, 0.25) is 0 Å². The predicted octanol–water partition coefficient (Wildman–Crippen LogP) is 2.61. The highest BCUT2D eigenvalue weighted by Crippen LogP contribution is 2.31. The summed E-state index contributed by atoms with van der Waals surface area (Å²) in [5.41, 5.74) is -0.394. The largest absolute Gasteiger partial charge is 0.462 e. The minimum absolute atomic E-state index is 0.00393. The summed E-state index contributed by atoms with van der Waals surface area (Å²) < 4.78 is 6.07. The molecule has 0 unspecified atom stereocenters. The molecule has 0 bridgehead atoms. The summed E-state index contributed by atoms with van der Waals surface area (Å²) in [6.07, 6.45) is 1.83. The van der Waals surface area contributed by atoms with Crippen molar-refractivity contribution < 1.29 is 14.6 Å². The van der Waals surface area contributed by atoms with Gasteiger partial charge in [0, 0.05) is 4.47 Å². The monoisotopic (exact) mass is 298 g/mol. The van der Waals surface area contributed by atoms with Crippen molar-refractivity contribution in [2.45, 2.75) is 25.4 Å². The first-order valence-electron chi connectivity index (χ1n) is 5.64. The molecule has 1 N–H and O–H groups in total. The quantitative estimate of drug-likeness (QED) is 0.869. The number of hydrogen-bond acceptors (Lipinski definition) is 3. The van der Waals surface area contributed by atoms with E-state index in [9.17, 15) is 9.90 Å². The van der Waals surface area contributed by atoms with Crippen LogP contribution < -0.4 is 0 Å². The maximum absolute atomic E-state index is 11.4. The van der Waals surface area contributed by atoms with E-state index in [-0.39, 0.29) is 18.5 Å². The average Bonchev–Trinajstić information content (AvgIpc) is 3.10. The van der Waals surface area contributed by atoms with Crippen molar-refractivity contribution in [1.82, 2.24) is 0 Å². The van der Waals surface area contributed by atoms with Crippen molar-refractivity contribution in [2.24, 2.45) is 5.92 Å². The zero-order chi connectivity index (χ0) is 12.5. The molecule has 1 aliphatic carbocycles. The topological polar surface area (TPSA) is 46.5 Å². The fraction of sp³-hybridized carbons (Fsp3) is 0.462. The second-order valence-electron chi connectivity index (χ2n) is 4.66. The van der Waals surface area contributed by atoms with Crippen LogP contribution in [-0.4, -0.2) is 17.7 Å². The molecule has 17 heavy (non-hydrogen) atoms. The molecule has 92 valence electrons. The van der Waals surface area contributed by atoms with Gasteiger partial charge in [0.25, 0.3) is 0 Å². The van der Waals surface area contributed by atoms with Crippen LogP contribution in [0.3, 0.4) is 0 Å². The third kappa shape index (κ3) is 3.30. The molecular weight excluding hydrogens is 284 g/mol. The number of ether oxygens (including phenoxy) is 1. The van der Waals surface area contributed by atoms with Crippen molar-refractivity contribution in [3.63, 3.8) is 0 Å². The van der Waals surface area contributed by atoms with E-state index >= 15 is 0 Å². The lowest BCUT2D eigenvalue weighted by Gasteiger charge is -2.23. The highest BCUT2D eigenvalue weighted by Gasteiger charge is 2.33. The molecule has 1 aliphatic rings. The number of esters is 1. The summed E-state index contributed by atoms with van der Waals surface area (Å²) >= 11 is 3.33. The number of halogens is 1. The lowest BCUT2D eigenvalue weighted by atomic mass is 9.97. The Bertz CT molecular complexity index is 407. The first kappa shape index (κ1) is 12.6. The van der Waals surface area contributed by atoms with Gasteiger partial charge < -0.3 is 9.84 Å². The van der Waals surface area contributed by atoms with Crippen LogP contribution in [0.2, 0.25) is 0 Å². The Morgan fingerprint density at radius 3 is 2.59 bits per heavy atom. The van der Waals surface area contributed by atoms with Gasteiger partial charge in [-0.2, -0.15) is 0 Å². The van der Waals surface area contributed by atoms with E-state index in [2.05, 4.69) is 15.9 Å². The summed E-state index contributed by atoms with van der Waals surface area (Å²) in [7, 11) is 0. The van der Waals surface area contributed by atoms with Gasteiger partial charge in [-0.1, -0.05) is 28.1 Å². The van der Waals surface area contributed by atoms with E-state index < -0.39 is 5.60 Å². The van der Waals surface area contributed by atoms with Gasteiger partial charge in [0.15, 0.2) is 0 Å². The van der Waals surface area contributed by atoms with Crippen molar-refractivity contribution >= 4 is 21.9 Å². The number of aliphatic hydroxyl groups is 1. The van der Waals surface area contributed by atoms with Crippen molar-refractivity contribution in [3.05, 3.63) is 34.3 Å². The minimum Gasteiger partial charge on any atom is -0.462 e. The van der Waals surface area contributed by atoms with Crippen LogP contribution in [0.25, 0.3) is 0 Å². The molecule has 4 heteroatoms. The molecule has 1 fully saturated rings. The number of carbonyl (C=O) groups excluding carboxylic acids is 1. The molecule has 1 aromatic rings. The summed E-state index contributed by atoms with van der Waals surface area (Å²) in [6.45, 7) is 1.65. The van der Waals surface area contributed by atoms with Crippen LogP contribution in [0.4, 0.5) is 0 Å². The molecule has 0 heterocycles. The van der Waals surface area contributed by atoms with Gasteiger partial charge in [-0.25, -0.2) is 0 Å². The fourth-order valence-corrected chi connectivity index (χ4v) is 1.81. The van der Waals surface area contributed by atoms with Crippen LogP contribution in [0.1, 0.15) is 25.3 Å². The molecule has 0 radical (unpaired) electrons. The van der Waals surface area contributed by atoms with Crippen LogP contribution in [0.15, 0.2) is 28.7 Å². The van der Waals surface area contributed by atoms with Crippen molar-refractivity contribution in [1.29, 1.82) is 0 Å². The van der Waals surface area contributed by atoms with E-state index in [4.69, 9.17) is 4.74 Å². The second-order valence-corrected chi connectivity index (χ2v) is 5.58. The number of hydrogen-bond donors (Lipinski definition) is 1. The third-order valence-corrected chi connectivity index (χ3v) is 3.40. The first-order chi connectivity index (χ1) is 7.99. The Morgan fingerprint density at radius 1 is 1.47 bits per heavy atom. The fourth-order valence-electron chi connectivity index (χ4n) is 1.54. The summed E-state index contributed by atoms with van der Waals surface area (Å²) in [5.74, 6) is -0.127. The van der Waals surface area contributed by atoms with E-state index in [0.29, 0.717) is 0 Å².